The summed E-state index contributed by atoms with van der Waals surface area (Å²) in [7, 11) is 0. The van der Waals surface area contributed by atoms with Gasteiger partial charge in [0, 0.05) is 61.5 Å². The lowest BCUT2D eigenvalue weighted by Crippen LogP contribution is -2.47. The van der Waals surface area contributed by atoms with Crippen molar-refractivity contribution in [3.8, 4) is 0 Å². The fourth-order valence-corrected chi connectivity index (χ4v) is 4.74. The lowest BCUT2D eigenvalue weighted by atomic mass is 9.79. The first-order valence-corrected chi connectivity index (χ1v) is 10.4. The number of aromatic nitrogens is 2. The van der Waals surface area contributed by atoms with Crippen LogP contribution in [0.4, 0.5) is 0 Å². The third-order valence-electron chi connectivity index (χ3n) is 6.21. The Bertz CT molecular complexity index is 835. The number of amides is 1. The van der Waals surface area contributed by atoms with Crippen LogP contribution in [0, 0.1) is 12.3 Å². The Balaban J connectivity index is 1.40. The van der Waals surface area contributed by atoms with Gasteiger partial charge in [-0.1, -0.05) is 24.6 Å². The van der Waals surface area contributed by atoms with Crippen LogP contribution in [0.2, 0.25) is 0 Å². The van der Waals surface area contributed by atoms with Crippen molar-refractivity contribution < 1.29 is 4.79 Å². The van der Waals surface area contributed by atoms with Crippen molar-refractivity contribution in [2.24, 2.45) is 5.41 Å². The molecule has 1 amide bonds. The van der Waals surface area contributed by atoms with Crippen LogP contribution in [-0.4, -0.2) is 51.9 Å². The van der Waals surface area contributed by atoms with Gasteiger partial charge in [0.15, 0.2) is 0 Å². The second-order valence-corrected chi connectivity index (χ2v) is 8.52. The molecule has 0 radical (unpaired) electrons. The zero-order valence-corrected chi connectivity index (χ0v) is 17.0. The molecular formula is C23H30N4O. The van der Waals surface area contributed by atoms with Gasteiger partial charge >= 0.3 is 0 Å². The van der Waals surface area contributed by atoms with Crippen molar-refractivity contribution in [1.29, 1.82) is 0 Å². The van der Waals surface area contributed by atoms with Crippen LogP contribution in [0.3, 0.4) is 0 Å². The van der Waals surface area contributed by atoms with Crippen molar-refractivity contribution in [3.05, 3.63) is 59.2 Å². The number of aryl methyl sites for hydroxylation is 2. The first kappa shape index (κ1) is 19.1. The van der Waals surface area contributed by atoms with E-state index in [1.165, 1.54) is 18.4 Å². The molecule has 28 heavy (non-hydrogen) atoms. The number of hydrogen-bond acceptors (Lipinski definition) is 4. The third kappa shape index (κ3) is 4.09. The van der Waals surface area contributed by atoms with Gasteiger partial charge < -0.3 is 4.90 Å². The van der Waals surface area contributed by atoms with Crippen LogP contribution in [-0.2, 0) is 13.0 Å². The van der Waals surface area contributed by atoms with Gasteiger partial charge in [-0.25, -0.2) is 9.97 Å². The number of likely N-dealkylation sites (tertiary alicyclic amines) is 2. The summed E-state index contributed by atoms with van der Waals surface area (Å²) >= 11 is 0. The first-order valence-electron chi connectivity index (χ1n) is 10.4. The second kappa shape index (κ2) is 8.00. The first-order chi connectivity index (χ1) is 13.6. The van der Waals surface area contributed by atoms with E-state index in [4.69, 9.17) is 0 Å². The van der Waals surface area contributed by atoms with E-state index in [0.717, 1.165) is 62.5 Å². The summed E-state index contributed by atoms with van der Waals surface area (Å²) in [6, 6.07) is 7.97. The van der Waals surface area contributed by atoms with E-state index < -0.39 is 0 Å². The molecule has 2 aliphatic rings. The number of nitrogens with zero attached hydrogens (tertiary/aromatic N) is 4. The predicted octanol–water partition coefficient (Wildman–Crippen LogP) is 3.48. The lowest BCUT2D eigenvalue weighted by molar-refractivity contribution is 0.0526. The minimum absolute atomic E-state index is 0.185. The summed E-state index contributed by atoms with van der Waals surface area (Å²) in [5.74, 6) is 1.09. The van der Waals surface area contributed by atoms with Crippen molar-refractivity contribution >= 4 is 5.91 Å². The van der Waals surface area contributed by atoms with Gasteiger partial charge in [0.2, 0.25) is 0 Å². The summed E-state index contributed by atoms with van der Waals surface area (Å²) in [5, 5.41) is 0. The van der Waals surface area contributed by atoms with Gasteiger partial charge in [0.05, 0.1) is 0 Å². The maximum absolute atomic E-state index is 13.0. The molecule has 0 saturated carbocycles. The average Bonchev–Trinajstić information content (AvgIpc) is 3.09. The largest absolute Gasteiger partial charge is 0.338 e. The quantitative estimate of drug-likeness (QED) is 0.817. The van der Waals surface area contributed by atoms with Crippen LogP contribution in [0.15, 0.2) is 36.7 Å². The van der Waals surface area contributed by atoms with E-state index in [9.17, 15) is 4.79 Å². The minimum atomic E-state index is 0.185. The molecule has 1 aromatic heterocycles. The van der Waals surface area contributed by atoms with Crippen molar-refractivity contribution in [2.45, 2.75) is 46.1 Å². The Morgan fingerprint density at radius 3 is 2.71 bits per heavy atom. The van der Waals surface area contributed by atoms with E-state index in [1.807, 2.05) is 43.6 Å². The van der Waals surface area contributed by atoms with Crippen molar-refractivity contribution in [3.63, 3.8) is 0 Å². The maximum Gasteiger partial charge on any atom is 0.253 e. The van der Waals surface area contributed by atoms with Gasteiger partial charge in [-0.05, 0) is 44.9 Å². The van der Waals surface area contributed by atoms with Gasteiger partial charge in [-0.2, -0.15) is 0 Å². The summed E-state index contributed by atoms with van der Waals surface area (Å²) in [5.41, 5.74) is 3.38. The van der Waals surface area contributed by atoms with E-state index in [1.54, 1.807) is 0 Å². The summed E-state index contributed by atoms with van der Waals surface area (Å²) < 4.78 is 0. The summed E-state index contributed by atoms with van der Waals surface area (Å²) in [6.07, 6.45) is 8.28. The molecule has 1 atom stereocenters. The highest BCUT2D eigenvalue weighted by Gasteiger charge is 2.42. The van der Waals surface area contributed by atoms with Gasteiger partial charge in [0.1, 0.15) is 5.82 Å². The minimum Gasteiger partial charge on any atom is -0.338 e. The Labute approximate surface area is 167 Å². The average molecular weight is 379 g/mol. The molecule has 5 nitrogen and oxygen atoms in total. The number of benzene rings is 1. The zero-order chi connectivity index (χ0) is 19.6. The normalized spacial score (nSPS) is 22.7. The molecular weight excluding hydrogens is 348 g/mol. The molecule has 1 aromatic carbocycles. The predicted molar refractivity (Wildman–Crippen MR) is 110 cm³/mol. The molecule has 1 spiro atoms. The topological polar surface area (TPSA) is 49.3 Å². The Hall–Kier alpha value is -2.27. The Morgan fingerprint density at radius 1 is 1.14 bits per heavy atom. The van der Waals surface area contributed by atoms with Gasteiger partial charge in [-0.3, -0.25) is 9.69 Å². The summed E-state index contributed by atoms with van der Waals surface area (Å²) in [4.78, 5) is 26.5. The van der Waals surface area contributed by atoms with Crippen LogP contribution in [0.1, 0.15) is 53.5 Å². The molecule has 3 heterocycles. The van der Waals surface area contributed by atoms with E-state index >= 15 is 0 Å². The summed E-state index contributed by atoms with van der Waals surface area (Å²) in [6.45, 7) is 8.91. The molecule has 0 N–H and O–H groups in total. The highest BCUT2D eigenvalue weighted by molar-refractivity contribution is 5.94. The van der Waals surface area contributed by atoms with Crippen LogP contribution >= 0.6 is 0 Å². The molecule has 148 valence electrons. The second-order valence-electron chi connectivity index (χ2n) is 8.52. The zero-order valence-electron chi connectivity index (χ0n) is 17.0. The third-order valence-corrected chi connectivity index (χ3v) is 6.21. The Kier molecular flexibility index (Phi) is 5.44. The van der Waals surface area contributed by atoms with Crippen LogP contribution in [0.5, 0.6) is 0 Å². The number of piperidine rings is 1. The molecule has 2 aliphatic heterocycles. The molecule has 0 bridgehead atoms. The van der Waals surface area contributed by atoms with Crippen molar-refractivity contribution in [2.75, 3.05) is 26.2 Å². The number of rotatable bonds is 4. The van der Waals surface area contributed by atoms with Crippen LogP contribution in [0.25, 0.3) is 0 Å². The fraction of sp³-hybridized carbons (Fsp3) is 0.522. The highest BCUT2D eigenvalue weighted by Crippen LogP contribution is 2.39. The Morgan fingerprint density at radius 2 is 1.96 bits per heavy atom. The highest BCUT2D eigenvalue weighted by atomic mass is 16.2. The smallest absolute Gasteiger partial charge is 0.253 e. The molecule has 0 aliphatic carbocycles. The standard InChI is InChI=1S/C23H30N4O/c1-3-21-24-13-19(14-25-21)15-26-11-9-23(16-26)8-5-10-27(17-23)22(28)20-7-4-6-18(2)12-20/h4,6-7,12-14H,3,5,8-11,15-17H2,1-2H3. The number of hydrogen-bond donors (Lipinski definition) is 0. The van der Waals surface area contributed by atoms with Crippen LogP contribution < -0.4 is 0 Å². The molecule has 1 unspecified atom stereocenters. The molecule has 2 saturated heterocycles. The van der Waals surface area contributed by atoms with E-state index in [0.29, 0.717) is 0 Å². The molecule has 2 fully saturated rings. The lowest BCUT2D eigenvalue weighted by Gasteiger charge is -2.40. The molecule has 2 aromatic rings. The van der Waals surface area contributed by atoms with Gasteiger partial charge in [0.25, 0.3) is 5.91 Å². The fourth-order valence-electron chi connectivity index (χ4n) is 4.74. The van der Waals surface area contributed by atoms with Crippen molar-refractivity contribution in [1.82, 2.24) is 19.8 Å². The van der Waals surface area contributed by atoms with Gasteiger partial charge in [-0.15, -0.1) is 0 Å². The van der Waals surface area contributed by atoms with E-state index in [2.05, 4.69) is 26.7 Å². The molecule has 4 rings (SSSR count). The van der Waals surface area contributed by atoms with E-state index in [-0.39, 0.29) is 11.3 Å². The maximum atomic E-state index is 13.0. The number of carbonyl (C=O) groups is 1. The monoisotopic (exact) mass is 378 g/mol. The SMILES string of the molecule is CCc1ncc(CN2CCC3(CCCN(C(=O)c4cccc(C)c4)C3)C2)cn1. The number of carbonyl (C=O) groups excluding carboxylic acids is 1. The molecule has 5 heteroatoms.